The molecule has 0 heterocycles. The Bertz CT molecular complexity index is 458. The number of aliphatic hydroxyl groups is 1. The molecule has 1 N–H and O–H groups in total. The molecule has 0 atom stereocenters. The van der Waals surface area contributed by atoms with Gasteiger partial charge < -0.3 is 14.3 Å². The maximum Gasteiger partial charge on any atom is 0.373 e. The van der Waals surface area contributed by atoms with Crippen LogP contribution in [0.3, 0.4) is 0 Å². The molecule has 0 amide bonds. The zero-order valence-electron chi connectivity index (χ0n) is 15.1. The summed E-state index contributed by atoms with van der Waals surface area (Å²) >= 11 is 0. The Hall–Kier alpha value is -1.40. The molecule has 0 aliphatic heterocycles. The molecule has 0 aromatic carbocycles. The fourth-order valence-corrected chi connectivity index (χ4v) is 2.32. The molecule has 0 unspecified atom stereocenters. The third-order valence-electron chi connectivity index (χ3n) is 3.85. The summed E-state index contributed by atoms with van der Waals surface area (Å²) in [7, 11) is -1.74. The van der Waals surface area contributed by atoms with Crippen molar-refractivity contribution >= 4 is 20.1 Å². The molecule has 0 aliphatic rings. The molecule has 0 saturated heterocycles. The first kappa shape index (κ1) is 21.6. The van der Waals surface area contributed by atoms with Crippen LogP contribution in [0.25, 0.3) is 0 Å². The highest BCUT2D eigenvalue weighted by Gasteiger charge is 2.36. The van der Waals surface area contributed by atoms with Crippen LogP contribution in [0.2, 0.25) is 18.1 Å². The van der Waals surface area contributed by atoms with Crippen LogP contribution in [0, 0.1) is 0 Å². The number of allylic oxidation sites excluding steroid dienone is 2. The minimum Gasteiger partial charge on any atom is -0.502 e. The summed E-state index contributed by atoms with van der Waals surface area (Å²) in [6, 6.07) is 0. The van der Waals surface area contributed by atoms with E-state index in [0.29, 0.717) is 13.0 Å². The average Bonchev–Trinajstić information content (AvgIpc) is 2.41. The van der Waals surface area contributed by atoms with Gasteiger partial charge in [-0.15, -0.1) is 0 Å². The van der Waals surface area contributed by atoms with E-state index in [1.165, 1.54) is 0 Å². The van der Waals surface area contributed by atoms with E-state index >= 15 is 0 Å². The molecule has 0 aromatic heterocycles. The number of ether oxygens (including phenoxy) is 1. The summed E-state index contributed by atoms with van der Waals surface area (Å²) in [5.74, 6) is -1.84. The number of hydrogen-bond donors (Lipinski definition) is 1. The lowest BCUT2D eigenvalue weighted by molar-refractivity contribution is -0.141. The highest BCUT2D eigenvalue weighted by molar-refractivity contribution is 6.74. The first-order valence-corrected chi connectivity index (χ1v) is 10.8. The summed E-state index contributed by atoms with van der Waals surface area (Å²) in [5.41, 5.74) is 0. The number of esters is 1. The Labute approximate surface area is 140 Å². The van der Waals surface area contributed by atoms with Gasteiger partial charge in [-0.05, 0) is 31.5 Å². The number of carbonyl (C=O) groups excluding carboxylic acids is 2. The smallest absolute Gasteiger partial charge is 0.373 e. The molecule has 0 saturated carbocycles. The highest BCUT2D eigenvalue weighted by atomic mass is 28.4. The third kappa shape index (κ3) is 8.71. The van der Waals surface area contributed by atoms with Gasteiger partial charge in [0.15, 0.2) is 14.1 Å². The second-order valence-electron chi connectivity index (χ2n) is 6.80. The monoisotopic (exact) mass is 342 g/mol. The molecule has 0 rings (SSSR count). The highest BCUT2D eigenvalue weighted by Crippen LogP contribution is 2.36. The molecular formula is C17H30O5Si. The van der Waals surface area contributed by atoms with Crippen molar-refractivity contribution in [3.05, 3.63) is 24.0 Å². The predicted molar refractivity (Wildman–Crippen MR) is 93.9 cm³/mol. The van der Waals surface area contributed by atoms with Crippen molar-refractivity contribution in [1.29, 1.82) is 0 Å². The van der Waals surface area contributed by atoms with Gasteiger partial charge in [0, 0.05) is 12.5 Å². The van der Waals surface area contributed by atoms with Crippen molar-refractivity contribution < 1.29 is 23.9 Å². The number of carbonyl (C=O) groups is 2. The van der Waals surface area contributed by atoms with E-state index in [9.17, 15) is 14.7 Å². The van der Waals surface area contributed by atoms with Crippen molar-refractivity contribution in [1.82, 2.24) is 0 Å². The van der Waals surface area contributed by atoms with Crippen LogP contribution in [-0.2, 0) is 18.8 Å². The van der Waals surface area contributed by atoms with E-state index in [4.69, 9.17) is 4.43 Å². The molecule has 0 aliphatic carbocycles. The Morgan fingerprint density at radius 3 is 2.30 bits per heavy atom. The van der Waals surface area contributed by atoms with Crippen LogP contribution in [0.5, 0.6) is 0 Å². The fourth-order valence-electron chi connectivity index (χ4n) is 1.37. The van der Waals surface area contributed by atoms with Gasteiger partial charge in [0.2, 0.25) is 5.76 Å². The van der Waals surface area contributed by atoms with Crippen molar-refractivity contribution in [2.24, 2.45) is 0 Å². The van der Waals surface area contributed by atoms with E-state index < -0.39 is 20.0 Å². The average molecular weight is 343 g/mol. The number of rotatable bonds is 9. The predicted octanol–water partition coefficient (Wildman–Crippen LogP) is 3.92. The van der Waals surface area contributed by atoms with Gasteiger partial charge in [-0.25, -0.2) is 4.79 Å². The summed E-state index contributed by atoms with van der Waals surface area (Å²) < 4.78 is 10.6. The lowest BCUT2D eigenvalue weighted by Crippen LogP contribution is -2.40. The van der Waals surface area contributed by atoms with E-state index in [-0.39, 0.29) is 23.8 Å². The molecule has 0 fully saturated rings. The van der Waals surface area contributed by atoms with Crippen LogP contribution >= 0.6 is 0 Å². The normalized spacial score (nSPS) is 13.4. The number of aliphatic hydroxyl groups excluding tert-OH is 1. The first-order valence-electron chi connectivity index (χ1n) is 7.91. The van der Waals surface area contributed by atoms with Crippen molar-refractivity contribution in [3.63, 3.8) is 0 Å². The lowest BCUT2D eigenvalue weighted by Gasteiger charge is -2.35. The molecule has 0 radical (unpaired) electrons. The van der Waals surface area contributed by atoms with E-state index in [1.807, 2.05) is 12.2 Å². The van der Waals surface area contributed by atoms with Gasteiger partial charge in [-0.1, -0.05) is 32.9 Å². The summed E-state index contributed by atoms with van der Waals surface area (Å²) in [4.78, 5) is 22.7. The molecule has 23 heavy (non-hydrogen) atoms. The van der Waals surface area contributed by atoms with Crippen LogP contribution in [0.4, 0.5) is 0 Å². The topological polar surface area (TPSA) is 72.8 Å². The lowest BCUT2D eigenvalue weighted by atomic mass is 10.2. The molecule has 0 bridgehead atoms. The van der Waals surface area contributed by atoms with Crippen LogP contribution in [0.15, 0.2) is 24.0 Å². The molecular weight excluding hydrogens is 312 g/mol. The Balaban J connectivity index is 4.14. The molecule has 132 valence electrons. The second-order valence-corrected chi connectivity index (χ2v) is 11.6. The summed E-state index contributed by atoms with van der Waals surface area (Å²) in [6.45, 7) is 13.2. The SMILES string of the molecule is CCOC(=O)/C(O)=C/C(=O)CC/C=C\CO[Si](C)(C)C(C)(C)C. The van der Waals surface area contributed by atoms with Crippen LogP contribution in [0.1, 0.15) is 40.5 Å². The maximum atomic E-state index is 11.6. The standard InChI is InChI=1S/C17H30O5Si/c1-7-21-16(20)15(19)13-14(18)11-9-8-10-12-22-23(5,6)17(2,3)4/h8,10,13,19H,7,9,11-12H2,1-6H3/b10-8-,15-13-. The second kappa shape index (κ2) is 9.67. The van der Waals surface area contributed by atoms with Crippen molar-refractivity contribution in [3.8, 4) is 0 Å². The van der Waals surface area contributed by atoms with E-state index in [0.717, 1.165) is 6.08 Å². The number of hydrogen-bond acceptors (Lipinski definition) is 5. The Morgan fingerprint density at radius 1 is 1.17 bits per heavy atom. The van der Waals surface area contributed by atoms with Crippen LogP contribution in [-0.4, -0.2) is 38.4 Å². The third-order valence-corrected chi connectivity index (χ3v) is 8.35. The Kier molecular flexibility index (Phi) is 9.08. The summed E-state index contributed by atoms with van der Waals surface area (Å²) in [5, 5.41) is 9.53. The minimum absolute atomic E-state index is 0.155. The van der Waals surface area contributed by atoms with E-state index in [2.05, 4.69) is 38.6 Å². The summed E-state index contributed by atoms with van der Waals surface area (Å²) in [6.07, 6.45) is 5.45. The van der Waals surface area contributed by atoms with E-state index in [1.54, 1.807) is 6.92 Å². The zero-order valence-corrected chi connectivity index (χ0v) is 16.1. The minimum atomic E-state index is -1.74. The van der Waals surface area contributed by atoms with Crippen molar-refractivity contribution in [2.45, 2.75) is 58.7 Å². The van der Waals surface area contributed by atoms with Crippen LogP contribution < -0.4 is 0 Å². The quantitative estimate of drug-likeness (QED) is 0.226. The zero-order chi connectivity index (χ0) is 18.1. The molecule has 5 nitrogen and oxygen atoms in total. The molecule has 6 heteroatoms. The largest absolute Gasteiger partial charge is 0.502 e. The fraction of sp³-hybridized carbons (Fsp3) is 0.647. The Morgan fingerprint density at radius 2 is 1.78 bits per heavy atom. The van der Waals surface area contributed by atoms with Gasteiger partial charge in [-0.2, -0.15) is 0 Å². The van der Waals surface area contributed by atoms with Gasteiger partial charge in [0.1, 0.15) is 0 Å². The molecule has 0 spiro atoms. The molecule has 0 aromatic rings. The van der Waals surface area contributed by atoms with Crippen molar-refractivity contribution in [2.75, 3.05) is 13.2 Å². The van der Waals surface area contributed by atoms with Gasteiger partial charge in [-0.3, -0.25) is 4.79 Å². The first-order chi connectivity index (χ1) is 10.5. The van der Waals surface area contributed by atoms with Gasteiger partial charge in [0.05, 0.1) is 13.2 Å². The van der Waals surface area contributed by atoms with Gasteiger partial charge in [0.25, 0.3) is 0 Å². The maximum absolute atomic E-state index is 11.6. The number of ketones is 1. The van der Waals surface area contributed by atoms with Gasteiger partial charge >= 0.3 is 5.97 Å².